The number of aromatic nitrogens is 1. The molecule has 0 saturated carbocycles. The monoisotopic (exact) mass is 283 g/mol. The Kier molecular flexibility index (Phi) is 3.37. The number of anilines is 1. The SMILES string of the molecule is C[C@H]1Cc2ccccc2N1C(=O)[C@H](C)[n+]1cccc(O)c1. The first kappa shape index (κ1) is 13.6. The van der Waals surface area contributed by atoms with E-state index in [1.807, 2.05) is 30.0 Å². The first-order chi connectivity index (χ1) is 10.1. The Bertz CT molecular complexity index is 684. The van der Waals surface area contributed by atoms with Crippen LogP contribution in [0.5, 0.6) is 5.75 Å². The largest absolute Gasteiger partial charge is 0.503 e. The van der Waals surface area contributed by atoms with Crippen LogP contribution in [-0.4, -0.2) is 17.1 Å². The van der Waals surface area contributed by atoms with Crippen molar-refractivity contribution in [2.45, 2.75) is 32.4 Å². The van der Waals surface area contributed by atoms with Crippen molar-refractivity contribution in [1.29, 1.82) is 0 Å². The van der Waals surface area contributed by atoms with Crippen LogP contribution in [-0.2, 0) is 11.2 Å². The molecule has 0 radical (unpaired) electrons. The fourth-order valence-corrected chi connectivity index (χ4v) is 2.95. The second kappa shape index (κ2) is 5.20. The summed E-state index contributed by atoms with van der Waals surface area (Å²) in [4.78, 5) is 14.7. The molecule has 1 aliphatic heterocycles. The van der Waals surface area contributed by atoms with Crippen molar-refractivity contribution < 1.29 is 14.5 Å². The van der Waals surface area contributed by atoms with Crippen LogP contribution in [0.25, 0.3) is 0 Å². The molecule has 0 spiro atoms. The zero-order valence-corrected chi connectivity index (χ0v) is 12.2. The smallest absolute Gasteiger partial charge is 0.296 e. The predicted molar refractivity (Wildman–Crippen MR) is 80.1 cm³/mol. The lowest BCUT2D eigenvalue weighted by atomic mass is 10.1. The van der Waals surface area contributed by atoms with Crippen molar-refractivity contribution in [3.63, 3.8) is 0 Å². The third-order valence-electron chi connectivity index (χ3n) is 4.06. The van der Waals surface area contributed by atoms with Gasteiger partial charge in [0.1, 0.15) is 0 Å². The lowest BCUT2D eigenvalue weighted by Crippen LogP contribution is -2.49. The number of pyridine rings is 1. The summed E-state index contributed by atoms with van der Waals surface area (Å²) in [5.74, 6) is 0.204. The Hall–Kier alpha value is -2.36. The van der Waals surface area contributed by atoms with E-state index in [0.29, 0.717) is 0 Å². The van der Waals surface area contributed by atoms with E-state index in [1.54, 1.807) is 29.1 Å². The minimum absolute atomic E-state index is 0.0445. The summed E-state index contributed by atoms with van der Waals surface area (Å²) in [6, 6.07) is 11.2. The zero-order valence-electron chi connectivity index (χ0n) is 12.2. The topological polar surface area (TPSA) is 44.4 Å². The third-order valence-corrected chi connectivity index (χ3v) is 4.06. The molecule has 1 N–H and O–H groups in total. The molecule has 4 nitrogen and oxygen atoms in total. The van der Waals surface area contributed by atoms with Gasteiger partial charge in [-0.05, 0) is 31.0 Å². The molecular formula is C17H19N2O2+. The summed E-state index contributed by atoms with van der Waals surface area (Å²) in [6.07, 6.45) is 4.27. The summed E-state index contributed by atoms with van der Waals surface area (Å²) in [6.45, 7) is 3.92. The van der Waals surface area contributed by atoms with E-state index in [9.17, 15) is 9.90 Å². The van der Waals surface area contributed by atoms with Crippen LogP contribution < -0.4 is 9.47 Å². The number of amides is 1. The molecule has 21 heavy (non-hydrogen) atoms. The number of carbonyl (C=O) groups excluding carboxylic acids is 1. The van der Waals surface area contributed by atoms with Crippen molar-refractivity contribution in [1.82, 2.24) is 0 Å². The number of nitrogens with zero attached hydrogens (tertiary/aromatic N) is 2. The van der Waals surface area contributed by atoms with Gasteiger partial charge >= 0.3 is 0 Å². The van der Waals surface area contributed by atoms with Crippen molar-refractivity contribution in [2.75, 3.05) is 4.90 Å². The summed E-state index contributed by atoms with van der Waals surface area (Å²) < 4.78 is 1.74. The number of fused-ring (bicyclic) bond motifs is 1. The van der Waals surface area contributed by atoms with E-state index < -0.39 is 0 Å². The van der Waals surface area contributed by atoms with Crippen LogP contribution in [0, 0.1) is 0 Å². The third kappa shape index (κ3) is 2.37. The maximum absolute atomic E-state index is 12.9. The molecule has 108 valence electrons. The van der Waals surface area contributed by atoms with Crippen LogP contribution in [0.15, 0.2) is 48.8 Å². The standard InChI is InChI=1S/C17H18N2O2/c1-12-10-14-6-3-4-8-16(14)19(12)17(21)13(2)18-9-5-7-15(20)11-18/h3-9,11-13H,10H2,1-2H3/p+1/t12-,13-/m0/s1. The van der Waals surface area contributed by atoms with E-state index in [-0.39, 0.29) is 23.7 Å². The minimum atomic E-state index is -0.356. The number of rotatable bonds is 2. The summed E-state index contributed by atoms with van der Waals surface area (Å²) >= 11 is 0. The van der Waals surface area contributed by atoms with E-state index >= 15 is 0 Å². The van der Waals surface area contributed by atoms with Gasteiger partial charge in [-0.25, -0.2) is 0 Å². The van der Waals surface area contributed by atoms with Gasteiger partial charge in [-0.1, -0.05) is 18.2 Å². The Balaban J connectivity index is 1.92. The number of para-hydroxylation sites is 1. The molecule has 0 saturated heterocycles. The fraction of sp³-hybridized carbons (Fsp3) is 0.294. The molecule has 0 bridgehead atoms. The highest BCUT2D eigenvalue weighted by molar-refractivity contribution is 5.97. The maximum Gasteiger partial charge on any atom is 0.296 e. The van der Waals surface area contributed by atoms with Gasteiger partial charge in [0, 0.05) is 24.7 Å². The van der Waals surface area contributed by atoms with Gasteiger partial charge in [0.25, 0.3) is 5.91 Å². The molecule has 1 aromatic carbocycles. The van der Waals surface area contributed by atoms with E-state index in [1.165, 1.54) is 5.56 Å². The van der Waals surface area contributed by atoms with E-state index in [4.69, 9.17) is 0 Å². The molecule has 0 aliphatic carbocycles. The highest BCUT2D eigenvalue weighted by atomic mass is 16.3. The number of hydrogen-bond donors (Lipinski definition) is 1. The van der Waals surface area contributed by atoms with Crippen molar-refractivity contribution in [3.8, 4) is 5.75 Å². The second-order valence-electron chi connectivity index (χ2n) is 5.58. The van der Waals surface area contributed by atoms with Crippen LogP contribution in [0.4, 0.5) is 5.69 Å². The molecule has 0 fully saturated rings. The molecule has 2 atom stereocenters. The molecule has 1 aliphatic rings. The average molecular weight is 283 g/mol. The Morgan fingerprint density at radius 3 is 2.86 bits per heavy atom. The Labute approximate surface area is 124 Å². The van der Waals surface area contributed by atoms with Crippen LogP contribution in [0.3, 0.4) is 0 Å². The van der Waals surface area contributed by atoms with Gasteiger partial charge in [-0.15, -0.1) is 0 Å². The normalized spacial score (nSPS) is 18.4. The van der Waals surface area contributed by atoms with Crippen molar-refractivity contribution in [2.24, 2.45) is 0 Å². The van der Waals surface area contributed by atoms with Gasteiger partial charge in [0.2, 0.25) is 12.2 Å². The molecule has 0 unspecified atom stereocenters. The molecule has 4 heteroatoms. The van der Waals surface area contributed by atoms with E-state index in [2.05, 4.69) is 13.0 Å². The van der Waals surface area contributed by atoms with Gasteiger partial charge in [0.15, 0.2) is 11.9 Å². The summed E-state index contributed by atoms with van der Waals surface area (Å²) in [5.41, 5.74) is 2.22. The lowest BCUT2D eigenvalue weighted by molar-refractivity contribution is -0.706. The zero-order chi connectivity index (χ0) is 15.0. The van der Waals surface area contributed by atoms with Crippen LogP contribution in [0.1, 0.15) is 25.5 Å². The van der Waals surface area contributed by atoms with Gasteiger partial charge in [0.05, 0.1) is 0 Å². The Morgan fingerprint density at radius 1 is 1.33 bits per heavy atom. The van der Waals surface area contributed by atoms with Gasteiger partial charge in [-0.3, -0.25) is 4.79 Å². The quantitative estimate of drug-likeness (QED) is 0.859. The molecule has 2 aromatic rings. The minimum Gasteiger partial charge on any atom is -0.503 e. The summed E-state index contributed by atoms with van der Waals surface area (Å²) in [7, 11) is 0. The first-order valence-corrected chi connectivity index (χ1v) is 7.18. The van der Waals surface area contributed by atoms with Crippen LogP contribution in [0.2, 0.25) is 0 Å². The molecule has 1 amide bonds. The predicted octanol–water partition coefficient (Wildman–Crippen LogP) is 2.22. The highest BCUT2D eigenvalue weighted by Crippen LogP contribution is 2.32. The van der Waals surface area contributed by atoms with Crippen molar-refractivity contribution in [3.05, 3.63) is 54.4 Å². The Morgan fingerprint density at radius 2 is 2.10 bits per heavy atom. The van der Waals surface area contributed by atoms with Gasteiger partial charge < -0.3 is 10.0 Å². The number of aromatic hydroxyl groups is 1. The van der Waals surface area contributed by atoms with Gasteiger partial charge in [-0.2, -0.15) is 4.57 Å². The molecule has 3 rings (SSSR count). The maximum atomic E-state index is 12.9. The fourth-order valence-electron chi connectivity index (χ4n) is 2.95. The first-order valence-electron chi connectivity index (χ1n) is 7.18. The summed E-state index contributed by atoms with van der Waals surface area (Å²) in [5, 5.41) is 9.57. The molecule has 1 aromatic heterocycles. The number of benzene rings is 1. The number of carbonyl (C=O) groups is 1. The second-order valence-corrected chi connectivity index (χ2v) is 5.58. The van der Waals surface area contributed by atoms with E-state index in [0.717, 1.165) is 12.1 Å². The highest BCUT2D eigenvalue weighted by Gasteiger charge is 2.36. The molecule has 2 heterocycles. The molecular weight excluding hydrogens is 264 g/mol. The number of hydrogen-bond acceptors (Lipinski definition) is 2. The van der Waals surface area contributed by atoms with Crippen molar-refractivity contribution >= 4 is 11.6 Å². The van der Waals surface area contributed by atoms with Crippen LogP contribution >= 0.6 is 0 Å². The lowest BCUT2D eigenvalue weighted by Gasteiger charge is -2.23. The average Bonchev–Trinajstić information content (AvgIpc) is 2.81.